The van der Waals surface area contributed by atoms with Crippen molar-refractivity contribution < 1.29 is 14.3 Å². The molecule has 6 heteroatoms. The van der Waals surface area contributed by atoms with E-state index >= 15 is 0 Å². The summed E-state index contributed by atoms with van der Waals surface area (Å²) in [6, 6.07) is 5.77. The van der Waals surface area contributed by atoms with Gasteiger partial charge in [0, 0.05) is 4.88 Å². The number of hydrogen-bond acceptors (Lipinski definition) is 5. The van der Waals surface area contributed by atoms with Gasteiger partial charge in [0.1, 0.15) is 11.2 Å². The maximum atomic E-state index is 12.8. The predicted octanol–water partition coefficient (Wildman–Crippen LogP) is 4.13. The highest BCUT2D eigenvalue weighted by molar-refractivity contribution is 7.16. The smallest absolute Gasteiger partial charge is 0.256 e. The van der Waals surface area contributed by atoms with Crippen LogP contribution >= 0.6 is 11.3 Å². The van der Waals surface area contributed by atoms with Gasteiger partial charge in [0.2, 0.25) is 0 Å². The second-order valence-electron chi connectivity index (χ2n) is 6.95. The van der Waals surface area contributed by atoms with Crippen molar-refractivity contribution in [3.8, 4) is 11.5 Å². The molecular formula is C20H24N2O3S. The van der Waals surface area contributed by atoms with Crippen LogP contribution in [0.4, 0.5) is 5.00 Å². The van der Waals surface area contributed by atoms with E-state index < -0.39 is 0 Å². The quantitative estimate of drug-likeness (QED) is 0.847. The highest BCUT2D eigenvalue weighted by Crippen LogP contribution is 2.43. The molecule has 2 heterocycles. The fourth-order valence-corrected chi connectivity index (χ4v) is 5.21. The Morgan fingerprint density at radius 2 is 2.12 bits per heavy atom. The van der Waals surface area contributed by atoms with Crippen LogP contribution in [0.1, 0.15) is 52.8 Å². The third-order valence-corrected chi connectivity index (χ3v) is 6.30. The molecule has 0 unspecified atom stereocenters. The number of benzene rings is 1. The highest BCUT2D eigenvalue weighted by Gasteiger charge is 2.33. The fraction of sp³-hybridized carbons (Fsp3) is 0.450. The first-order valence-corrected chi connectivity index (χ1v) is 9.95. The lowest BCUT2D eigenvalue weighted by Gasteiger charge is -2.27. The molecule has 1 amide bonds. The van der Waals surface area contributed by atoms with Gasteiger partial charge in [-0.3, -0.25) is 4.79 Å². The first-order valence-electron chi connectivity index (χ1n) is 9.13. The predicted molar refractivity (Wildman–Crippen MR) is 104 cm³/mol. The number of ether oxygens (including phenoxy) is 2. The number of nitrogens with one attached hydrogen (secondary N) is 2. The Bertz CT molecular complexity index is 846. The zero-order valence-corrected chi connectivity index (χ0v) is 16.2. The Morgan fingerprint density at radius 3 is 2.88 bits per heavy atom. The standard InChI is InChI=1S/C20H24N2O3S/c1-4-25-15-10-12(6-8-14(15)24-3)18-21-19(23)17-13-7-5-11(2)9-16(13)26-20(17)22-18/h6,8,10-11,18,22H,4-5,7,9H2,1-3H3,(H,21,23)/t11-,18+/m1/s1. The summed E-state index contributed by atoms with van der Waals surface area (Å²) in [5.41, 5.74) is 3.05. The number of carbonyl (C=O) groups excluding carboxylic acids is 1. The van der Waals surface area contributed by atoms with Gasteiger partial charge in [0.15, 0.2) is 11.5 Å². The number of thiophene rings is 1. The summed E-state index contributed by atoms with van der Waals surface area (Å²) >= 11 is 1.74. The van der Waals surface area contributed by atoms with E-state index in [0.717, 1.165) is 35.4 Å². The summed E-state index contributed by atoms with van der Waals surface area (Å²) in [6.45, 7) is 4.78. The van der Waals surface area contributed by atoms with Crippen molar-refractivity contribution in [2.45, 2.75) is 39.3 Å². The Morgan fingerprint density at radius 1 is 1.27 bits per heavy atom. The van der Waals surface area contributed by atoms with E-state index in [1.807, 2.05) is 25.1 Å². The molecule has 26 heavy (non-hydrogen) atoms. The first kappa shape index (κ1) is 17.2. The SMILES string of the molecule is CCOc1cc([C@H]2NC(=O)c3c(sc4c3CC[C@@H](C)C4)N2)ccc1OC. The van der Waals surface area contributed by atoms with E-state index in [1.54, 1.807) is 18.4 Å². The maximum absolute atomic E-state index is 12.8. The molecule has 2 atom stereocenters. The molecule has 1 aromatic heterocycles. The normalized spacial score (nSPS) is 21.3. The van der Waals surface area contributed by atoms with Gasteiger partial charge in [-0.1, -0.05) is 13.0 Å². The second kappa shape index (κ2) is 6.83. The zero-order chi connectivity index (χ0) is 18.3. The molecule has 0 fully saturated rings. The van der Waals surface area contributed by atoms with Gasteiger partial charge in [-0.15, -0.1) is 11.3 Å². The molecule has 2 N–H and O–H groups in total. The minimum atomic E-state index is -0.266. The van der Waals surface area contributed by atoms with E-state index in [1.165, 1.54) is 10.4 Å². The molecule has 0 bridgehead atoms. The molecule has 0 saturated heterocycles. The minimum Gasteiger partial charge on any atom is -0.493 e. The molecular weight excluding hydrogens is 348 g/mol. The molecule has 5 nitrogen and oxygen atoms in total. The molecule has 2 aromatic rings. The summed E-state index contributed by atoms with van der Waals surface area (Å²) < 4.78 is 11.0. The lowest BCUT2D eigenvalue weighted by Crippen LogP contribution is -2.38. The molecule has 2 aliphatic rings. The third kappa shape index (κ3) is 2.92. The van der Waals surface area contributed by atoms with Crippen molar-refractivity contribution in [2.75, 3.05) is 19.0 Å². The summed E-state index contributed by atoms with van der Waals surface area (Å²) in [4.78, 5) is 14.2. The van der Waals surface area contributed by atoms with Gasteiger partial charge >= 0.3 is 0 Å². The number of methoxy groups -OCH3 is 1. The Balaban J connectivity index is 1.65. The fourth-order valence-electron chi connectivity index (χ4n) is 3.77. The molecule has 0 spiro atoms. The Labute approximate surface area is 157 Å². The lowest BCUT2D eigenvalue weighted by atomic mass is 9.88. The van der Waals surface area contributed by atoms with Gasteiger partial charge in [0.25, 0.3) is 5.91 Å². The van der Waals surface area contributed by atoms with Gasteiger partial charge < -0.3 is 20.1 Å². The first-order chi connectivity index (χ1) is 12.6. The van der Waals surface area contributed by atoms with Crippen molar-refractivity contribution in [1.82, 2.24) is 5.32 Å². The number of anilines is 1. The Hall–Kier alpha value is -2.21. The average molecular weight is 372 g/mol. The topological polar surface area (TPSA) is 59.6 Å². The van der Waals surface area contributed by atoms with Crippen molar-refractivity contribution in [2.24, 2.45) is 5.92 Å². The van der Waals surface area contributed by atoms with E-state index in [4.69, 9.17) is 9.47 Å². The van der Waals surface area contributed by atoms with Crippen LogP contribution in [0.5, 0.6) is 11.5 Å². The number of hydrogen-bond donors (Lipinski definition) is 2. The van der Waals surface area contributed by atoms with Gasteiger partial charge in [-0.05, 0) is 55.4 Å². The van der Waals surface area contributed by atoms with Crippen molar-refractivity contribution in [3.05, 3.63) is 39.8 Å². The number of carbonyl (C=O) groups is 1. The van der Waals surface area contributed by atoms with E-state index in [9.17, 15) is 4.79 Å². The lowest BCUT2D eigenvalue weighted by molar-refractivity contribution is 0.0935. The summed E-state index contributed by atoms with van der Waals surface area (Å²) in [5, 5.41) is 7.61. The summed E-state index contributed by atoms with van der Waals surface area (Å²) in [7, 11) is 1.63. The van der Waals surface area contributed by atoms with Gasteiger partial charge in [-0.25, -0.2) is 0 Å². The Kier molecular flexibility index (Phi) is 4.53. The average Bonchev–Trinajstić information content (AvgIpc) is 2.99. The van der Waals surface area contributed by atoms with Crippen LogP contribution in [0.2, 0.25) is 0 Å². The van der Waals surface area contributed by atoms with Crippen LogP contribution in [0.25, 0.3) is 0 Å². The van der Waals surface area contributed by atoms with Gasteiger partial charge in [-0.2, -0.15) is 0 Å². The zero-order valence-electron chi connectivity index (χ0n) is 15.3. The second-order valence-corrected chi connectivity index (χ2v) is 8.06. The molecule has 138 valence electrons. The third-order valence-electron chi connectivity index (χ3n) is 5.11. The van der Waals surface area contributed by atoms with E-state index in [0.29, 0.717) is 24.0 Å². The van der Waals surface area contributed by atoms with Crippen molar-refractivity contribution in [1.29, 1.82) is 0 Å². The van der Waals surface area contributed by atoms with E-state index in [-0.39, 0.29) is 12.1 Å². The number of rotatable bonds is 4. The largest absolute Gasteiger partial charge is 0.493 e. The molecule has 0 saturated carbocycles. The molecule has 4 rings (SSSR count). The van der Waals surface area contributed by atoms with Crippen molar-refractivity contribution in [3.63, 3.8) is 0 Å². The molecule has 1 aliphatic carbocycles. The maximum Gasteiger partial charge on any atom is 0.256 e. The molecule has 1 aliphatic heterocycles. The van der Waals surface area contributed by atoms with Crippen LogP contribution in [-0.4, -0.2) is 19.6 Å². The van der Waals surface area contributed by atoms with Crippen LogP contribution in [0.3, 0.4) is 0 Å². The summed E-state index contributed by atoms with van der Waals surface area (Å²) in [6.07, 6.45) is 2.96. The van der Waals surface area contributed by atoms with Gasteiger partial charge in [0.05, 0.1) is 19.3 Å². The van der Waals surface area contributed by atoms with Crippen LogP contribution < -0.4 is 20.1 Å². The van der Waals surface area contributed by atoms with Crippen molar-refractivity contribution >= 4 is 22.2 Å². The molecule has 1 aromatic carbocycles. The van der Waals surface area contributed by atoms with E-state index in [2.05, 4.69) is 17.6 Å². The van der Waals surface area contributed by atoms with Crippen LogP contribution in [0, 0.1) is 5.92 Å². The van der Waals surface area contributed by atoms with Crippen LogP contribution in [0.15, 0.2) is 18.2 Å². The number of amides is 1. The summed E-state index contributed by atoms with van der Waals surface area (Å²) in [5.74, 6) is 2.09. The minimum absolute atomic E-state index is 0.0181. The van der Waals surface area contributed by atoms with Crippen LogP contribution in [-0.2, 0) is 12.8 Å². The highest BCUT2D eigenvalue weighted by atomic mass is 32.1. The molecule has 0 radical (unpaired) electrons. The monoisotopic (exact) mass is 372 g/mol. The number of fused-ring (bicyclic) bond motifs is 3.